The Hall–Kier alpha value is -0.940. The highest BCUT2D eigenvalue weighted by Gasteiger charge is 2.10. The lowest BCUT2D eigenvalue weighted by Gasteiger charge is -2.00. The van der Waals surface area contributed by atoms with Crippen LogP contribution in [-0.4, -0.2) is 18.0 Å². The molecule has 5 heteroatoms. The van der Waals surface area contributed by atoms with E-state index in [0.717, 1.165) is 17.5 Å². The SMILES string of the molecule is Cc1cc(S(=O)(=O)O)cnc1C. The lowest BCUT2D eigenvalue weighted by molar-refractivity contribution is 0.482. The highest BCUT2D eigenvalue weighted by Crippen LogP contribution is 2.10. The molecule has 0 radical (unpaired) electrons. The zero-order chi connectivity index (χ0) is 9.35. The normalized spacial score (nSPS) is 11.6. The van der Waals surface area contributed by atoms with Crippen LogP contribution in [0.3, 0.4) is 0 Å². The predicted molar refractivity (Wildman–Crippen MR) is 43.5 cm³/mol. The maximum atomic E-state index is 10.6. The molecule has 0 saturated carbocycles. The van der Waals surface area contributed by atoms with Crippen LogP contribution in [0.4, 0.5) is 0 Å². The Labute approximate surface area is 71.0 Å². The molecule has 1 heterocycles. The molecule has 0 aromatic carbocycles. The minimum atomic E-state index is -4.10. The molecule has 0 spiro atoms. The summed E-state index contributed by atoms with van der Waals surface area (Å²) in [4.78, 5) is 3.64. The molecular formula is C7H9NO3S. The van der Waals surface area contributed by atoms with Gasteiger partial charge in [0.2, 0.25) is 0 Å². The molecule has 0 fully saturated rings. The van der Waals surface area contributed by atoms with Crippen LogP contribution in [0.25, 0.3) is 0 Å². The van der Waals surface area contributed by atoms with Crippen molar-refractivity contribution in [3.8, 4) is 0 Å². The molecular weight excluding hydrogens is 178 g/mol. The van der Waals surface area contributed by atoms with Gasteiger partial charge < -0.3 is 0 Å². The molecule has 0 unspecified atom stereocenters. The van der Waals surface area contributed by atoms with Crippen LogP contribution < -0.4 is 0 Å². The topological polar surface area (TPSA) is 67.3 Å². The average Bonchev–Trinajstić information content (AvgIpc) is 1.92. The van der Waals surface area contributed by atoms with Crippen LogP contribution in [0.5, 0.6) is 0 Å². The van der Waals surface area contributed by atoms with Crippen LogP contribution in [0.15, 0.2) is 17.2 Å². The number of hydrogen-bond acceptors (Lipinski definition) is 3. The second-order valence-corrected chi connectivity index (χ2v) is 3.97. The quantitative estimate of drug-likeness (QED) is 0.664. The molecule has 0 bridgehead atoms. The van der Waals surface area contributed by atoms with Crippen molar-refractivity contribution in [2.24, 2.45) is 0 Å². The number of aromatic nitrogens is 1. The van der Waals surface area contributed by atoms with Gasteiger partial charge in [-0.3, -0.25) is 9.54 Å². The smallest absolute Gasteiger partial charge is 0.282 e. The number of nitrogens with zero attached hydrogens (tertiary/aromatic N) is 1. The van der Waals surface area contributed by atoms with Crippen LogP contribution in [-0.2, 0) is 10.1 Å². The van der Waals surface area contributed by atoms with Gasteiger partial charge in [-0.1, -0.05) is 0 Å². The Kier molecular flexibility index (Phi) is 2.16. The first kappa shape index (κ1) is 9.15. The summed E-state index contributed by atoms with van der Waals surface area (Å²) in [6.45, 7) is 3.50. The molecule has 0 aliphatic carbocycles. The molecule has 66 valence electrons. The third-order valence-electron chi connectivity index (χ3n) is 1.61. The number of rotatable bonds is 1. The van der Waals surface area contributed by atoms with Gasteiger partial charge in [-0.15, -0.1) is 0 Å². The van der Waals surface area contributed by atoms with E-state index in [0.29, 0.717) is 0 Å². The molecule has 0 saturated heterocycles. The maximum Gasteiger partial charge on any atom is 0.296 e. The molecule has 12 heavy (non-hydrogen) atoms. The average molecular weight is 187 g/mol. The van der Waals surface area contributed by atoms with Gasteiger partial charge in [0.05, 0.1) is 0 Å². The summed E-state index contributed by atoms with van der Waals surface area (Å²) in [6.07, 6.45) is 1.14. The lowest BCUT2D eigenvalue weighted by atomic mass is 10.2. The fourth-order valence-electron chi connectivity index (χ4n) is 0.758. The Morgan fingerprint density at radius 2 is 2.00 bits per heavy atom. The Balaban J connectivity index is 3.33. The molecule has 1 N–H and O–H groups in total. The molecule has 4 nitrogen and oxygen atoms in total. The van der Waals surface area contributed by atoms with Crippen LogP contribution >= 0.6 is 0 Å². The molecule has 0 aliphatic heterocycles. The van der Waals surface area contributed by atoms with Crippen molar-refractivity contribution in [2.75, 3.05) is 0 Å². The van der Waals surface area contributed by atoms with Crippen molar-refractivity contribution in [3.63, 3.8) is 0 Å². The van der Waals surface area contributed by atoms with Gasteiger partial charge in [-0.05, 0) is 25.5 Å². The van der Waals surface area contributed by atoms with Crippen molar-refractivity contribution >= 4 is 10.1 Å². The summed E-state index contributed by atoms with van der Waals surface area (Å²) in [7, 11) is -4.10. The summed E-state index contributed by atoms with van der Waals surface area (Å²) >= 11 is 0. The van der Waals surface area contributed by atoms with Gasteiger partial charge in [0.15, 0.2) is 0 Å². The second kappa shape index (κ2) is 2.84. The fraction of sp³-hybridized carbons (Fsp3) is 0.286. The highest BCUT2D eigenvalue weighted by molar-refractivity contribution is 7.85. The van der Waals surface area contributed by atoms with E-state index >= 15 is 0 Å². The first-order valence-electron chi connectivity index (χ1n) is 3.32. The third-order valence-corrected chi connectivity index (χ3v) is 2.43. The first-order chi connectivity index (χ1) is 5.41. The monoisotopic (exact) mass is 187 g/mol. The molecule has 1 rings (SSSR count). The Bertz CT molecular complexity index is 397. The summed E-state index contributed by atoms with van der Waals surface area (Å²) < 4.78 is 29.9. The summed E-state index contributed by atoms with van der Waals surface area (Å²) in [5, 5.41) is 0. The van der Waals surface area contributed by atoms with Gasteiger partial charge in [0, 0.05) is 11.9 Å². The molecule has 0 atom stereocenters. The summed E-state index contributed by atoms with van der Waals surface area (Å²) in [6, 6.07) is 1.39. The van der Waals surface area contributed by atoms with Crippen LogP contribution in [0.1, 0.15) is 11.3 Å². The lowest BCUT2D eigenvalue weighted by Crippen LogP contribution is -2.00. The zero-order valence-electron chi connectivity index (χ0n) is 6.77. The highest BCUT2D eigenvalue weighted by atomic mass is 32.2. The van der Waals surface area contributed by atoms with E-state index in [-0.39, 0.29) is 4.90 Å². The van der Waals surface area contributed by atoms with Crippen LogP contribution in [0.2, 0.25) is 0 Å². The molecule has 1 aromatic rings. The number of hydrogen-bond donors (Lipinski definition) is 1. The van der Waals surface area contributed by atoms with E-state index in [9.17, 15) is 8.42 Å². The van der Waals surface area contributed by atoms with Crippen molar-refractivity contribution in [1.29, 1.82) is 0 Å². The van der Waals surface area contributed by atoms with Crippen molar-refractivity contribution in [1.82, 2.24) is 4.98 Å². The maximum absolute atomic E-state index is 10.6. The van der Waals surface area contributed by atoms with E-state index in [2.05, 4.69) is 4.98 Å². The van der Waals surface area contributed by atoms with E-state index in [1.807, 2.05) is 0 Å². The first-order valence-corrected chi connectivity index (χ1v) is 4.76. The van der Waals surface area contributed by atoms with Crippen LogP contribution in [0, 0.1) is 13.8 Å². The van der Waals surface area contributed by atoms with Crippen molar-refractivity contribution in [3.05, 3.63) is 23.5 Å². The largest absolute Gasteiger partial charge is 0.296 e. The zero-order valence-corrected chi connectivity index (χ0v) is 7.59. The Morgan fingerprint density at radius 1 is 1.42 bits per heavy atom. The van der Waals surface area contributed by atoms with E-state index in [1.165, 1.54) is 6.07 Å². The van der Waals surface area contributed by atoms with E-state index < -0.39 is 10.1 Å². The van der Waals surface area contributed by atoms with Gasteiger partial charge >= 0.3 is 0 Å². The summed E-state index contributed by atoms with van der Waals surface area (Å²) in [5.74, 6) is 0. The minimum Gasteiger partial charge on any atom is -0.282 e. The van der Waals surface area contributed by atoms with Crippen molar-refractivity contribution < 1.29 is 13.0 Å². The Morgan fingerprint density at radius 3 is 2.42 bits per heavy atom. The fourth-order valence-corrected chi connectivity index (χ4v) is 1.27. The van der Waals surface area contributed by atoms with E-state index in [1.54, 1.807) is 13.8 Å². The van der Waals surface area contributed by atoms with Gasteiger partial charge in [-0.2, -0.15) is 8.42 Å². The number of aryl methyl sites for hydroxylation is 2. The second-order valence-electron chi connectivity index (χ2n) is 2.55. The standard InChI is InChI=1S/C7H9NO3S/c1-5-3-7(12(9,10)11)4-8-6(5)2/h3-4H,1-2H3,(H,9,10,11). The third kappa shape index (κ3) is 1.80. The van der Waals surface area contributed by atoms with Gasteiger partial charge in [0.25, 0.3) is 10.1 Å². The van der Waals surface area contributed by atoms with Gasteiger partial charge in [-0.25, -0.2) is 0 Å². The summed E-state index contributed by atoms with van der Waals surface area (Å²) in [5.41, 5.74) is 1.49. The minimum absolute atomic E-state index is 0.161. The van der Waals surface area contributed by atoms with E-state index in [4.69, 9.17) is 4.55 Å². The predicted octanol–water partition coefficient (Wildman–Crippen LogP) is 0.945. The molecule has 0 aliphatic rings. The van der Waals surface area contributed by atoms with Crippen molar-refractivity contribution in [2.45, 2.75) is 18.7 Å². The van der Waals surface area contributed by atoms with Gasteiger partial charge in [0.1, 0.15) is 4.90 Å². The number of pyridine rings is 1. The molecule has 1 aromatic heterocycles. The molecule has 0 amide bonds.